The molecule has 1 aliphatic carbocycles. The summed E-state index contributed by atoms with van der Waals surface area (Å²) in [7, 11) is 0. The molecule has 0 bridgehead atoms. The largest absolute Gasteiger partial charge is 0.490 e. The lowest BCUT2D eigenvalue weighted by Crippen LogP contribution is -2.21. The van der Waals surface area contributed by atoms with Crippen LogP contribution in [0.15, 0.2) is 29.8 Å². The molecule has 3 nitrogen and oxygen atoms in total. The van der Waals surface area contributed by atoms with E-state index in [-0.39, 0.29) is 6.10 Å². The molecule has 1 N–H and O–H groups in total. The molecule has 1 saturated carbocycles. The molecule has 0 spiro atoms. The van der Waals surface area contributed by atoms with Crippen LogP contribution in [0, 0.1) is 13.8 Å². The van der Waals surface area contributed by atoms with Gasteiger partial charge in [-0.15, -0.1) is 0 Å². The Morgan fingerprint density at radius 2 is 2.00 bits per heavy atom. The van der Waals surface area contributed by atoms with Gasteiger partial charge >= 0.3 is 5.97 Å². The number of aryl methyl sites for hydroxylation is 2. The summed E-state index contributed by atoms with van der Waals surface area (Å²) in [5.41, 5.74) is 3.37. The zero-order valence-electron chi connectivity index (χ0n) is 11.5. The van der Waals surface area contributed by atoms with Crippen molar-refractivity contribution in [1.29, 1.82) is 0 Å². The molecule has 3 heteroatoms. The Bertz CT molecular complexity index is 493. The van der Waals surface area contributed by atoms with Crippen molar-refractivity contribution in [3.05, 3.63) is 41.0 Å². The first-order chi connectivity index (χ1) is 9.04. The van der Waals surface area contributed by atoms with Crippen LogP contribution in [0.4, 0.5) is 0 Å². The van der Waals surface area contributed by atoms with E-state index in [0.717, 1.165) is 42.6 Å². The lowest BCUT2D eigenvalue weighted by molar-refractivity contribution is -0.131. The Kier molecular flexibility index (Phi) is 4.25. The number of aliphatic carboxylic acids is 1. The van der Waals surface area contributed by atoms with Crippen LogP contribution in [-0.4, -0.2) is 17.2 Å². The molecule has 102 valence electrons. The zero-order valence-corrected chi connectivity index (χ0v) is 11.5. The second-order valence-corrected chi connectivity index (χ2v) is 5.23. The van der Waals surface area contributed by atoms with Gasteiger partial charge in [0.1, 0.15) is 5.75 Å². The van der Waals surface area contributed by atoms with Gasteiger partial charge in [0.25, 0.3) is 0 Å². The number of hydrogen-bond donors (Lipinski definition) is 1. The lowest BCUT2D eigenvalue weighted by atomic mass is 9.92. The Morgan fingerprint density at radius 3 is 2.63 bits per heavy atom. The predicted octanol–water partition coefficient (Wildman–Crippen LogP) is 3.64. The minimum absolute atomic E-state index is 0.200. The number of carboxylic acids is 1. The van der Waals surface area contributed by atoms with Crippen LogP contribution in [0.3, 0.4) is 0 Å². The third-order valence-electron chi connectivity index (χ3n) is 3.54. The van der Waals surface area contributed by atoms with E-state index < -0.39 is 5.97 Å². The second kappa shape index (κ2) is 5.91. The fourth-order valence-electron chi connectivity index (χ4n) is 2.41. The molecule has 19 heavy (non-hydrogen) atoms. The molecule has 1 aromatic carbocycles. The first-order valence-corrected chi connectivity index (χ1v) is 6.71. The van der Waals surface area contributed by atoms with E-state index in [1.54, 1.807) is 0 Å². The molecule has 0 heterocycles. The van der Waals surface area contributed by atoms with E-state index in [1.807, 2.05) is 6.92 Å². The summed E-state index contributed by atoms with van der Waals surface area (Å²) in [6, 6.07) is 6.22. The Labute approximate surface area is 113 Å². The molecular weight excluding hydrogens is 240 g/mol. The maximum atomic E-state index is 10.6. The zero-order chi connectivity index (χ0) is 13.8. The van der Waals surface area contributed by atoms with Crippen molar-refractivity contribution in [2.75, 3.05) is 0 Å². The normalized spacial score (nSPS) is 19.1. The highest BCUT2D eigenvalue weighted by Gasteiger charge is 2.19. The quantitative estimate of drug-likeness (QED) is 0.844. The van der Waals surface area contributed by atoms with E-state index in [9.17, 15) is 4.79 Å². The van der Waals surface area contributed by atoms with Crippen LogP contribution < -0.4 is 4.74 Å². The topological polar surface area (TPSA) is 46.5 Å². The minimum atomic E-state index is -0.844. The van der Waals surface area contributed by atoms with Crippen LogP contribution in [0.5, 0.6) is 5.75 Å². The number of allylic oxidation sites excluding steroid dienone is 1. The summed E-state index contributed by atoms with van der Waals surface area (Å²) in [6.45, 7) is 4.11. The van der Waals surface area contributed by atoms with Crippen molar-refractivity contribution < 1.29 is 14.6 Å². The van der Waals surface area contributed by atoms with Gasteiger partial charge in [0.05, 0.1) is 6.10 Å². The molecule has 0 amide bonds. The number of benzene rings is 1. The third-order valence-corrected chi connectivity index (χ3v) is 3.54. The fraction of sp³-hybridized carbons (Fsp3) is 0.438. The molecule has 0 atom stereocenters. The van der Waals surface area contributed by atoms with Crippen molar-refractivity contribution >= 4 is 5.97 Å². The molecule has 0 aromatic heterocycles. The summed E-state index contributed by atoms with van der Waals surface area (Å²) in [4.78, 5) is 10.6. The van der Waals surface area contributed by atoms with E-state index in [4.69, 9.17) is 9.84 Å². The van der Waals surface area contributed by atoms with Gasteiger partial charge in [-0.2, -0.15) is 0 Å². The number of carbonyl (C=O) groups is 1. The van der Waals surface area contributed by atoms with Gasteiger partial charge in [0.2, 0.25) is 0 Å². The monoisotopic (exact) mass is 260 g/mol. The van der Waals surface area contributed by atoms with E-state index in [0.29, 0.717) is 0 Å². The molecule has 1 fully saturated rings. The molecule has 1 aromatic rings. The number of hydrogen-bond acceptors (Lipinski definition) is 2. The summed E-state index contributed by atoms with van der Waals surface area (Å²) in [6.07, 6.45) is 4.98. The number of carboxylic acid groups (broad SMARTS) is 1. The minimum Gasteiger partial charge on any atom is -0.490 e. The van der Waals surface area contributed by atoms with Gasteiger partial charge in [-0.3, -0.25) is 0 Å². The molecule has 2 rings (SSSR count). The summed E-state index contributed by atoms with van der Waals surface area (Å²) in [5.74, 6) is 0.111. The highest BCUT2D eigenvalue weighted by Crippen LogP contribution is 2.29. The highest BCUT2D eigenvalue weighted by molar-refractivity contribution is 5.80. The van der Waals surface area contributed by atoms with Crippen LogP contribution in [0.25, 0.3) is 0 Å². The Morgan fingerprint density at radius 1 is 1.32 bits per heavy atom. The lowest BCUT2D eigenvalue weighted by Gasteiger charge is -2.25. The van der Waals surface area contributed by atoms with Crippen molar-refractivity contribution in [2.45, 2.75) is 45.6 Å². The molecule has 0 radical (unpaired) electrons. The first-order valence-electron chi connectivity index (χ1n) is 6.71. The van der Waals surface area contributed by atoms with Gasteiger partial charge in [-0.25, -0.2) is 4.79 Å². The number of rotatable bonds is 3. The Balaban J connectivity index is 1.96. The summed E-state index contributed by atoms with van der Waals surface area (Å²) >= 11 is 0. The molecule has 1 aliphatic rings. The average Bonchev–Trinajstić information content (AvgIpc) is 2.35. The van der Waals surface area contributed by atoms with E-state index >= 15 is 0 Å². The maximum Gasteiger partial charge on any atom is 0.328 e. The molecule has 0 saturated heterocycles. The van der Waals surface area contributed by atoms with Gasteiger partial charge in [-0.1, -0.05) is 17.7 Å². The van der Waals surface area contributed by atoms with Gasteiger partial charge < -0.3 is 9.84 Å². The SMILES string of the molecule is Cc1ccc(C)c(OC2CCC(=CC(=O)O)CC2)c1. The maximum absolute atomic E-state index is 10.6. The van der Waals surface area contributed by atoms with Crippen LogP contribution in [-0.2, 0) is 4.79 Å². The van der Waals surface area contributed by atoms with E-state index in [1.165, 1.54) is 11.6 Å². The van der Waals surface area contributed by atoms with Gasteiger partial charge in [-0.05, 0) is 56.7 Å². The fourth-order valence-corrected chi connectivity index (χ4v) is 2.41. The van der Waals surface area contributed by atoms with E-state index in [2.05, 4.69) is 25.1 Å². The number of ether oxygens (including phenoxy) is 1. The van der Waals surface area contributed by atoms with Crippen molar-refractivity contribution in [2.24, 2.45) is 0 Å². The standard InChI is InChI=1S/C16H20O3/c1-11-3-4-12(2)15(9-11)19-14-7-5-13(6-8-14)10-16(17)18/h3-4,9-10,14H,5-8H2,1-2H3,(H,17,18). The highest BCUT2D eigenvalue weighted by atomic mass is 16.5. The Hall–Kier alpha value is -1.77. The first kappa shape index (κ1) is 13.7. The van der Waals surface area contributed by atoms with Gasteiger partial charge in [0, 0.05) is 6.08 Å². The van der Waals surface area contributed by atoms with Crippen molar-refractivity contribution in [3.63, 3.8) is 0 Å². The second-order valence-electron chi connectivity index (χ2n) is 5.23. The average molecular weight is 260 g/mol. The smallest absolute Gasteiger partial charge is 0.328 e. The van der Waals surface area contributed by atoms with Crippen molar-refractivity contribution in [3.8, 4) is 5.75 Å². The predicted molar refractivity (Wildman–Crippen MR) is 74.5 cm³/mol. The van der Waals surface area contributed by atoms with Crippen LogP contribution >= 0.6 is 0 Å². The molecular formula is C16H20O3. The molecule has 0 aliphatic heterocycles. The third kappa shape index (κ3) is 3.85. The molecule has 0 unspecified atom stereocenters. The van der Waals surface area contributed by atoms with Crippen LogP contribution in [0.1, 0.15) is 36.8 Å². The van der Waals surface area contributed by atoms with Gasteiger partial charge in [0.15, 0.2) is 0 Å². The summed E-state index contributed by atoms with van der Waals surface area (Å²) < 4.78 is 6.05. The van der Waals surface area contributed by atoms with Crippen LogP contribution in [0.2, 0.25) is 0 Å². The van der Waals surface area contributed by atoms with Crippen molar-refractivity contribution in [1.82, 2.24) is 0 Å². The summed E-state index contributed by atoms with van der Waals surface area (Å²) in [5, 5.41) is 8.73.